The van der Waals surface area contributed by atoms with Gasteiger partial charge in [-0.15, -0.1) is 11.3 Å². The van der Waals surface area contributed by atoms with E-state index in [0.29, 0.717) is 110 Å². The van der Waals surface area contributed by atoms with Gasteiger partial charge in [-0.3, -0.25) is 4.90 Å². The molecule has 0 saturated carbocycles. The first-order valence-electron chi connectivity index (χ1n) is 25.9. The first kappa shape index (κ1) is 53.9. The molecule has 16 nitrogen and oxygen atoms in total. The lowest BCUT2D eigenvalue weighted by Gasteiger charge is -2.35. The molecule has 0 aliphatic carbocycles. The third-order valence-electron chi connectivity index (χ3n) is 14.0. The van der Waals surface area contributed by atoms with Gasteiger partial charge in [0.25, 0.3) is 0 Å². The number of hydrogen-bond acceptors (Lipinski definition) is 17. The van der Waals surface area contributed by atoms with Crippen LogP contribution < -0.4 is 23.8 Å². The number of halogens is 3. The fourth-order valence-electron chi connectivity index (χ4n) is 9.94. The normalized spacial score (nSPS) is 20.2. The van der Waals surface area contributed by atoms with Crippen LogP contribution in [0.4, 0.5) is 10.3 Å². The number of aromatic nitrogens is 4. The van der Waals surface area contributed by atoms with E-state index < -0.39 is 23.8 Å². The molecule has 11 rings (SSSR count). The van der Waals surface area contributed by atoms with Crippen molar-refractivity contribution in [2.75, 3.05) is 90.8 Å². The first-order chi connectivity index (χ1) is 36.6. The molecule has 0 N–H and O–H groups in total. The van der Waals surface area contributed by atoms with Gasteiger partial charge in [-0.1, -0.05) is 35.3 Å². The Kier molecular flexibility index (Phi) is 16.8. The summed E-state index contributed by atoms with van der Waals surface area (Å²) in [6.45, 7) is 17.2. The van der Waals surface area contributed by atoms with Gasteiger partial charge >= 0.3 is 5.97 Å². The van der Waals surface area contributed by atoms with Crippen molar-refractivity contribution in [3.8, 4) is 44.7 Å². The molecule has 3 saturated heterocycles. The van der Waals surface area contributed by atoms with Gasteiger partial charge in [0.05, 0.1) is 53.7 Å². The maximum absolute atomic E-state index is 14.6. The summed E-state index contributed by atoms with van der Waals surface area (Å²) in [7, 11) is 2.12. The van der Waals surface area contributed by atoms with Crippen LogP contribution in [0.1, 0.15) is 56.0 Å². The van der Waals surface area contributed by atoms with Crippen molar-refractivity contribution < 1.29 is 47.1 Å². The summed E-state index contributed by atoms with van der Waals surface area (Å²) in [4.78, 5) is 41.8. The monoisotopic (exact) mass is 1100 g/mol. The van der Waals surface area contributed by atoms with Gasteiger partial charge in [-0.2, -0.15) is 0 Å². The SMILES string of the molecule is Cc1c(Cl)c2c(Cl)c(C)c1-c1c(-c3ccc(F)cc3)sc3ncnc(c13)O[C@@H](C(=O)OC(C)(C)C)Cc1cc(ccc1OCc1ccnc(N3CCC(OC[C@H]4COCCO4)CC3)n1)OC[C@@H](CN1CCN(C)CC1)O2. The lowest BCUT2D eigenvalue weighted by Crippen LogP contribution is -2.49. The van der Waals surface area contributed by atoms with Crippen molar-refractivity contribution in [3.05, 3.63) is 99.3 Å². The second-order valence-electron chi connectivity index (χ2n) is 20.7. The molecule has 5 aliphatic rings. The molecule has 3 atom stereocenters. The summed E-state index contributed by atoms with van der Waals surface area (Å²) in [6.07, 6.45) is 3.07. The zero-order valence-electron chi connectivity index (χ0n) is 43.7. The molecule has 404 valence electrons. The Balaban J connectivity index is 1.02. The average molecular weight is 1100 g/mol. The molecule has 0 radical (unpaired) electrons. The van der Waals surface area contributed by atoms with Crippen LogP contribution in [0, 0.1) is 19.7 Å². The zero-order chi connectivity index (χ0) is 53.1. The molecular formula is C56H64Cl2FN7O9S. The lowest BCUT2D eigenvalue weighted by molar-refractivity contribution is -0.163. The van der Waals surface area contributed by atoms with Crippen molar-refractivity contribution in [3.63, 3.8) is 0 Å². The molecule has 0 spiro atoms. The zero-order valence-corrected chi connectivity index (χ0v) is 46.1. The van der Waals surface area contributed by atoms with Crippen LogP contribution >= 0.6 is 34.5 Å². The van der Waals surface area contributed by atoms with Gasteiger partial charge in [0.15, 0.2) is 5.75 Å². The van der Waals surface area contributed by atoms with Crippen LogP contribution in [0.3, 0.4) is 0 Å². The molecule has 3 aromatic carbocycles. The predicted molar refractivity (Wildman–Crippen MR) is 290 cm³/mol. The summed E-state index contributed by atoms with van der Waals surface area (Å²) < 4.78 is 65.3. The molecule has 6 aromatic rings. The highest BCUT2D eigenvalue weighted by molar-refractivity contribution is 7.22. The fraction of sp³-hybridized carbons (Fsp3) is 0.482. The Morgan fingerprint density at radius 3 is 2.37 bits per heavy atom. The Morgan fingerprint density at radius 1 is 0.882 bits per heavy atom. The average Bonchev–Trinajstić information content (AvgIpc) is 3.84. The second kappa shape index (κ2) is 23.7. The van der Waals surface area contributed by atoms with E-state index in [4.69, 9.17) is 76.0 Å². The number of hydrogen-bond donors (Lipinski definition) is 0. The number of anilines is 1. The van der Waals surface area contributed by atoms with E-state index in [9.17, 15) is 9.18 Å². The Hall–Kier alpha value is -5.44. The Morgan fingerprint density at radius 2 is 1.64 bits per heavy atom. The summed E-state index contributed by atoms with van der Waals surface area (Å²) in [5, 5.41) is 1.15. The number of piperazine rings is 1. The minimum atomic E-state index is -1.27. The minimum absolute atomic E-state index is 0.0194. The Bertz CT molecular complexity index is 2990. The lowest BCUT2D eigenvalue weighted by atomic mass is 9.92. The first-order valence-corrected chi connectivity index (χ1v) is 27.5. The summed E-state index contributed by atoms with van der Waals surface area (Å²) >= 11 is 16.2. The van der Waals surface area contributed by atoms with E-state index in [-0.39, 0.29) is 43.5 Å². The van der Waals surface area contributed by atoms with Gasteiger partial charge in [0.1, 0.15) is 59.5 Å². The number of carbonyl (C=O) groups excluding carboxylic acids is 1. The number of fused-ring (bicyclic) bond motifs is 7. The topological polar surface area (TPSA) is 152 Å². The van der Waals surface area contributed by atoms with E-state index in [1.807, 2.05) is 38.1 Å². The number of benzene rings is 3. The van der Waals surface area contributed by atoms with Gasteiger partial charge < -0.3 is 47.7 Å². The fourth-order valence-corrected chi connectivity index (χ4v) is 11.6. The number of rotatable bonds is 11. The summed E-state index contributed by atoms with van der Waals surface area (Å²) in [6, 6.07) is 13.6. The van der Waals surface area contributed by atoms with Gasteiger partial charge in [-0.25, -0.2) is 29.1 Å². The molecular weight excluding hydrogens is 1040 g/mol. The van der Waals surface area contributed by atoms with Crippen molar-refractivity contribution in [1.29, 1.82) is 0 Å². The molecule has 0 amide bonds. The maximum atomic E-state index is 14.6. The third-order valence-corrected chi connectivity index (χ3v) is 16.0. The van der Waals surface area contributed by atoms with Crippen molar-refractivity contribution >= 4 is 56.7 Å². The second-order valence-corrected chi connectivity index (χ2v) is 22.5. The number of thiophene rings is 1. The summed E-state index contributed by atoms with van der Waals surface area (Å²) in [5.41, 5.74) is 3.82. The van der Waals surface area contributed by atoms with Crippen LogP contribution in [-0.4, -0.2) is 152 Å². The maximum Gasteiger partial charge on any atom is 0.348 e. The smallest absolute Gasteiger partial charge is 0.348 e. The van der Waals surface area contributed by atoms with Gasteiger partial charge in [-0.05, 0) is 113 Å². The number of carbonyl (C=O) groups is 1. The molecule has 5 aliphatic heterocycles. The molecule has 3 aromatic heterocycles. The van der Waals surface area contributed by atoms with Crippen molar-refractivity contribution in [2.45, 2.75) is 90.5 Å². The van der Waals surface area contributed by atoms with Crippen molar-refractivity contribution in [1.82, 2.24) is 29.7 Å². The molecule has 20 heteroatoms. The number of ether oxygens (including phenoxy) is 8. The highest BCUT2D eigenvalue weighted by Crippen LogP contribution is 2.53. The Labute approximate surface area is 456 Å². The molecule has 0 unspecified atom stereocenters. The molecule has 4 bridgehead atoms. The largest absolute Gasteiger partial charge is 0.490 e. The predicted octanol–water partition coefficient (Wildman–Crippen LogP) is 9.58. The minimum Gasteiger partial charge on any atom is -0.490 e. The van der Waals surface area contributed by atoms with Crippen LogP contribution in [-0.2, 0) is 36.8 Å². The van der Waals surface area contributed by atoms with Crippen LogP contribution in [0.25, 0.3) is 31.8 Å². The molecule has 3 fully saturated rings. The van der Waals surface area contributed by atoms with E-state index in [0.717, 1.165) is 62.6 Å². The number of likely N-dealkylation sites (N-methyl/N-ethyl adjacent to an activating group) is 1. The van der Waals surface area contributed by atoms with E-state index in [1.165, 1.54) is 29.8 Å². The van der Waals surface area contributed by atoms with Gasteiger partial charge in [0, 0.05) is 74.4 Å². The highest BCUT2D eigenvalue weighted by Gasteiger charge is 2.34. The molecule has 8 heterocycles. The number of esters is 1. The highest BCUT2D eigenvalue weighted by atomic mass is 35.5. The number of piperidine rings is 1. The van der Waals surface area contributed by atoms with Crippen LogP contribution in [0.2, 0.25) is 10.0 Å². The van der Waals surface area contributed by atoms with E-state index in [2.05, 4.69) is 26.7 Å². The van der Waals surface area contributed by atoms with Crippen LogP contribution in [0.15, 0.2) is 61.1 Å². The molecule has 76 heavy (non-hydrogen) atoms. The van der Waals surface area contributed by atoms with E-state index >= 15 is 0 Å². The quantitative estimate of drug-likeness (QED) is 0.113. The summed E-state index contributed by atoms with van der Waals surface area (Å²) in [5.74, 6) is 1.04. The van der Waals surface area contributed by atoms with E-state index in [1.54, 1.807) is 39.1 Å². The van der Waals surface area contributed by atoms with Crippen LogP contribution in [0.5, 0.6) is 23.1 Å². The number of nitrogens with zero attached hydrogens (tertiary/aromatic N) is 7. The van der Waals surface area contributed by atoms with Crippen molar-refractivity contribution in [2.24, 2.45) is 0 Å². The third kappa shape index (κ3) is 12.6. The standard InChI is InChI=1S/C56H64Cl2FN7O9S/c1-33-45-34(2)49(58)50(48(33)57)73-41(27-65-21-19-64(6)20-22-65)30-71-40-11-12-43(72-28-38-13-16-60-55(63-38)66-17-14-39(15-18-66)70-31-42-29-68-23-24-69-42)36(25-40)26-44(54(67)75-56(3,4)5)74-52-47-46(45)51(76-53(47)62-32-61-52)35-7-9-37(59)10-8-35/h7-13,16,25,32,39,41-42,44H,14-15,17-24,26-31H2,1-6H3/t41-,42-,44-/m1/s1. The van der Waals surface area contributed by atoms with Gasteiger partial charge in [0.2, 0.25) is 17.9 Å².